The second-order valence-corrected chi connectivity index (χ2v) is 3.05. The van der Waals surface area contributed by atoms with Crippen LogP contribution < -0.4 is 0 Å². The molecular weight excluding hydrogens is 138 g/mol. The summed E-state index contributed by atoms with van der Waals surface area (Å²) in [6.45, 7) is 2.87. The van der Waals surface area contributed by atoms with Crippen LogP contribution in [0.1, 0.15) is 45.4 Å². The van der Waals surface area contributed by atoms with Crippen LogP contribution in [0.4, 0.5) is 0 Å². The van der Waals surface area contributed by atoms with Gasteiger partial charge in [0.15, 0.2) is 0 Å². The van der Waals surface area contributed by atoms with Crippen molar-refractivity contribution in [1.29, 1.82) is 0 Å². The van der Waals surface area contributed by atoms with Gasteiger partial charge in [-0.1, -0.05) is 18.5 Å². The van der Waals surface area contributed by atoms with Crippen LogP contribution in [0.25, 0.3) is 0 Å². The van der Waals surface area contributed by atoms with E-state index in [-0.39, 0.29) is 0 Å². The highest BCUT2D eigenvalue weighted by atomic mass is 16.6. The van der Waals surface area contributed by atoms with Crippen molar-refractivity contribution < 1.29 is 4.84 Å². The maximum absolute atomic E-state index is 5.11. The maximum Gasteiger partial charge on any atom is 0.116 e. The summed E-state index contributed by atoms with van der Waals surface area (Å²) < 4.78 is 0. The average molecular weight is 155 g/mol. The molecular formula is C9H17NO. The molecule has 0 aromatic heterocycles. The molecule has 0 bridgehead atoms. The van der Waals surface area contributed by atoms with E-state index in [1.165, 1.54) is 25.0 Å². The molecule has 0 aromatic rings. The Labute approximate surface area is 68.6 Å². The summed E-state index contributed by atoms with van der Waals surface area (Å²) in [5.41, 5.74) is 1.27. The number of nitrogens with zero attached hydrogens (tertiary/aromatic N) is 1. The van der Waals surface area contributed by atoms with E-state index in [1.807, 2.05) is 0 Å². The molecule has 64 valence electrons. The van der Waals surface area contributed by atoms with Gasteiger partial charge in [0, 0.05) is 0 Å². The minimum Gasteiger partial charge on any atom is -0.396 e. The molecule has 0 atom stereocenters. The highest BCUT2D eigenvalue weighted by molar-refractivity contribution is 5.84. The number of oxime groups is 1. The van der Waals surface area contributed by atoms with Gasteiger partial charge in [-0.25, -0.2) is 0 Å². The summed E-state index contributed by atoms with van der Waals surface area (Å²) in [4.78, 5) is 5.11. The zero-order valence-electron chi connectivity index (χ0n) is 7.31. The first-order valence-electron chi connectivity index (χ1n) is 4.61. The maximum atomic E-state index is 5.11. The van der Waals surface area contributed by atoms with Gasteiger partial charge in [0.2, 0.25) is 0 Å². The van der Waals surface area contributed by atoms with Gasteiger partial charge in [-0.2, -0.15) is 0 Å². The van der Waals surface area contributed by atoms with Crippen molar-refractivity contribution in [2.45, 2.75) is 45.4 Å². The molecule has 1 rings (SSSR count). The fraction of sp³-hybridized carbons (Fsp3) is 0.889. The molecule has 0 radical (unpaired) electrons. The van der Waals surface area contributed by atoms with Crippen LogP contribution in [0.5, 0.6) is 0 Å². The van der Waals surface area contributed by atoms with E-state index in [2.05, 4.69) is 12.1 Å². The highest BCUT2D eigenvalue weighted by Crippen LogP contribution is 2.14. The Balaban J connectivity index is 2.15. The minimum atomic E-state index is 0.767. The van der Waals surface area contributed by atoms with Crippen molar-refractivity contribution in [3.05, 3.63) is 0 Å². The van der Waals surface area contributed by atoms with Gasteiger partial charge in [0.1, 0.15) is 6.61 Å². The van der Waals surface area contributed by atoms with Crippen LogP contribution >= 0.6 is 0 Å². The summed E-state index contributed by atoms with van der Waals surface area (Å²) >= 11 is 0. The van der Waals surface area contributed by atoms with E-state index in [4.69, 9.17) is 4.84 Å². The van der Waals surface area contributed by atoms with Gasteiger partial charge < -0.3 is 4.84 Å². The lowest BCUT2D eigenvalue weighted by Gasteiger charge is -2.11. The second kappa shape index (κ2) is 5.16. The zero-order valence-corrected chi connectivity index (χ0v) is 7.31. The summed E-state index contributed by atoms with van der Waals surface area (Å²) in [6.07, 6.45) is 7.33. The molecule has 0 spiro atoms. The Morgan fingerprint density at radius 1 is 1.27 bits per heavy atom. The Bertz CT molecular complexity index is 124. The molecule has 1 saturated carbocycles. The first-order valence-corrected chi connectivity index (χ1v) is 4.61. The highest BCUT2D eigenvalue weighted by Gasteiger charge is 2.06. The lowest BCUT2D eigenvalue weighted by atomic mass is 9.99. The molecule has 2 nitrogen and oxygen atoms in total. The van der Waals surface area contributed by atoms with Gasteiger partial charge >= 0.3 is 0 Å². The topological polar surface area (TPSA) is 21.6 Å². The van der Waals surface area contributed by atoms with Crippen molar-refractivity contribution >= 4 is 5.71 Å². The van der Waals surface area contributed by atoms with Crippen molar-refractivity contribution in [3.8, 4) is 0 Å². The Morgan fingerprint density at radius 3 is 2.64 bits per heavy atom. The van der Waals surface area contributed by atoms with Gasteiger partial charge in [-0.15, -0.1) is 0 Å². The van der Waals surface area contributed by atoms with E-state index >= 15 is 0 Å². The van der Waals surface area contributed by atoms with Crippen LogP contribution in [0.2, 0.25) is 0 Å². The Kier molecular flexibility index (Phi) is 4.02. The Hall–Kier alpha value is -0.530. The largest absolute Gasteiger partial charge is 0.396 e. The molecule has 1 aliphatic rings. The second-order valence-electron chi connectivity index (χ2n) is 3.05. The average Bonchev–Trinajstić information content (AvgIpc) is 2.07. The van der Waals surface area contributed by atoms with Crippen LogP contribution in [0.3, 0.4) is 0 Å². The standard InChI is InChI=1S/C9H17NO/c1-2-8-11-10-9-6-4-3-5-7-9/h2-8H2,1H3. The third kappa shape index (κ3) is 3.40. The Morgan fingerprint density at radius 2 is 2.00 bits per heavy atom. The lowest BCUT2D eigenvalue weighted by Crippen LogP contribution is -2.05. The van der Waals surface area contributed by atoms with E-state index in [9.17, 15) is 0 Å². The SMILES string of the molecule is CCCON=C1CCCCC1. The molecule has 1 fully saturated rings. The third-order valence-electron chi connectivity index (χ3n) is 1.92. The number of hydrogen-bond donors (Lipinski definition) is 0. The molecule has 0 unspecified atom stereocenters. The summed E-state index contributed by atoms with van der Waals surface area (Å²) in [5, 5.41) is 4.09. The minimum absolute atomic E-state index is 0.767. The quantitative estimate of drug-likeness (QED) is 0.453. The van der Waals surface area contributed by atoms with Crippen LogP contribution in [-0.2, 0) is 4.84 Å². The van der Waals surface area contributed by atoms with Crippen molar-refractivity contribution in [2.75, 3.05) is 6.61 Å². The van der Waals surface area contributed by atoms with Gasteiger partial charge in [-0.05, 0) is 32.1 Å². The predicted molar refractivity (Wildman–Crippen MR) is 46.8 cm³/mol. The van der Waals surface area contributed by atoms with Crippen LogP contribution in [0.15, 0.2) is 5.16 Å². The van der Waals surface area contributed by atoms with Gasteiger partial charge in [0.25, 0.3) is 0 Å². The number of hydrogen-bond acceptors (Lipinski definition) is 2. The van der Waals surface area contributed by atoms with Crippen molar-refractivity contribution in [1.82, 2.24) is 0 Å². The van der Waals surface area contributed by atoms with Crippen LogP contribution in [-0.4, -0.2) is 12.3 Å². The normalized spacial score (nSPS) is 18.1. The molecule has 0 amide bonds. The van der Waals surface area contributed by atoms with Gasteiger partial charge in [-0.3, -0.25) is 0 Å². The van der Waals surface area contributed by atoms with Crippen molar-refractivity contribution in [2.24, 2.45) is 5.16 Å². The smallest absolute Gasteiger partial charge is 0.116 e. The van der Waals surface area contributed by atoms with Crippen LogP contribution in [0, 0.1) is 0 Å². The molecule has 0 aromatic carbocycles. The van der Waals surface area contributed by atoms with E-state index < -0.39 is 0 Å². The fourth-order valence-electron chi connectivity index (χ4n) is 1.28. The summed E-state index contributed by atoms with van der Waals surface area (Å²) in [7, 11) is 0. The van der Waals surface area contributed by atoms with E-state index in [0.29, 0.717) is 0 Å². The lowest BCUT2D eigenvalue weighted by molar-refractivity contribution is 0.143. The molecule has 0 saturated heterocycles. The van der Waals surface area contributed by atoms with E-state index in [0.717, 1.165) is 25.9 Å². The summed E-state index contributed by atoms with van der Waals surface area (Å²) in [5.74, 6) is 0. The molecule has 11 heavy (non-hydrogen) atoms. The predicted octanol–water partition coefficient (Wildman–Crippen LogP) is 2.73. The molecule has 1 aliphatic carbocycles. The monoisotopic (exact) mass is 155 g/mol. The zero-order chi connectivity index (χ0) is 7.94. The molecule has 0 N–H and O–H groups in total. The number of rotatable bonds is 3. The first kappa shape index (κ1) is 8.57. The molecule has 2 heteroatoms. The fourth-order valence-corrected chi connectivity index (χ4v) is 1.28. The van der Waals surface area contributed by atoms with Crippen molar-refractivity contribution in [3.63, 3.8) is 0 Å². The molecule has 0 heterocycles. The van der Waals surface area contributed by atoms with Gasteiger partial charge in [0.05, 0.1) is 5.71 Å². The molecule has 0 aliphatic heterocycles. The van der Waals surface area contributed by atoms with E-state index in [1.54, 1.807) is 0 Å². The summed E-state index contributed by atoms with van der Waals surface area (Å²) in [6, 6.07) is 0. The third-order valence-corrected chi connectivity index (χ3v) is 1.92. The first-order chi connectivity index (χ1) is 5.43.